The zero-order valence-electron chi connectivity index (χ0n) is 7.11. The normalized spacial score (nSPS) is 10.1. The molecule has 0 aliphatic carbocycles. The zero-order chi connectivity index (χ0) is 9.97. The number of hydrogen-bond acceptors (Lipinski definition) is 2. The molecule has 0 amide bonds. The van der Waals surface area contributed by atoms with Gasteiger partial charge in [-0.25, -0.2) is 9.97 Å². The molecule has 2 aromatic heterocycles. The van der Waals surface area contributed by atoms with Crippen LogP contribution in [0.1, 0.15) is 0 Å². The molecule has 4 heteroatoms. The van der Waals surface area contributed by atoms with Crippen LogP contribution < -0.4 is 0 Å². The highest BCUT2D eigenvalue weighted by molar-refractivity contribution is 6.32. The summed E-state index contributed by atoms with van der Waals surface area (Å²) in [6.07, 6.45) is 3.32. The summed E-state index contributed by atoms with van der Waals surface area (Å²) in [7, 11) is 0. The Labute approximate surface area is 91.5 Å². The summed E-state index contributed by atoms with van der Waals surface area (Å²) < 4.78 is 0. The maximum atomic E-state index is 5.93. The molecule has 0 saturated heterocycles. The average Bonchev–Trinajstić information content (AvgIpc) is 2.20. The molecule has 0 atom stereocenters. The maximum Gasteiger partial charge on any atom is 0.136 e. The third-order valence-electron chi connectivity index (χ3n) is 1.80. The smallest absolute Gasteiger partial charge is 0.136 e. The highest BCUT2D eigenvalue weighted by Gasteiger charge is 2.03. The molecule has 0 aromatic carbocycles. The van der Waals surface area contributed by atoms with Crippen LogP contribution in [0.4, 0.5) is 0 Å². The van der Waals surface area contributed by atoms with Crippen LogP contribution in [-0.2, 0) is 0 Å². The van der Waals surface area contributed by atoms with Gasteiger partial charge >= 0.3 is 0 Å². The highest BCUT2D eigenvalue weighted by atomic mass is 35.5. The third kappa shape index (κ3) is 1.86. The first-order valence-electron chi connectivity index (χ1n) is 4.00. The third-order valence-corrected chi connectivity index (χ3v) is 2.32. The molecule has 0 aliphatic rings. The summed E-state index contributed by atoms with van der Waals surface area (Å²) in [4.78, 5) is 7.96. The molecule has 0 unspecified atom stereocenters. The summed E-state index contributed by atoms with van der Waals surface area (Å²) in [5.74, 6) is 0. The highest BCUT2D eigenvalue weighted by Crippen LogP contribution is 2.25. The van der Waals surface area contributed by atoms with Gasteiger partial charge in [-0.15, -0.1) is 0 Å². The van der Waals surface area contributed by atoms with Crippen molar-refractivity contribution in [1.82, 2.24) is 9.97 Å². The van der Waals surface area contributed by atoms with E-state index in [0.29, 0.717) is 10.3 Å². The van der Waals surface area contributed by atoms with Crippen molar-refractivity contribution in [3.8, 4) is 11.1 Å². The maximum absolute atomic E-state index is 5.93. The number of hydrogen-bond donors (Lipinski definition) is 0. The summed E-state index contributed by atoms with van der Waals surface area (Å²) in [5.41, 5.74) is 1.77. The van der Waals surface area contributed by atoms with Gasteiger partial charge in [0.2, 0.25) is 0 Å². The number of pyridine rings is 2. The summed E-state index contributed by atoms with van der Waals surface area (Å²) in [6.45, 7) is 0. The Bertz CT molecular complexity index is 440. The summed E-state index contributed by atoms with van der Waals surface area (Å²) >= 11 is 11.6. The van der Waals surface area contributed by atoms with Crippen LogP contribution in [-0.4, -0.2) is 9.97 Å². The van der Waals surface area contributed by atoms with Crippen LogP contribution in [0, 0.1) is 0 Å². The molecule has 0 bridgehead atoms. The molecule has 0 N–H and O–H groups in total. The Morgan fingerprint density at radius 2 is 1.86 bits per heavy atom. The second-order valence-corrected chi connectivity index (χ2v) is 3.46. The van der Waals surface area contributed by atoms with Gasteiger partial charge in [0.05, 0.1) is 0 Å². The van der Waals surface area contributed by atoms with Crippen LogP contribution in [0.5, 0.6) is 0 Å². The largest absolute Gasteiger partial charge is 0.244 e. The zero-order valence-corrected chi connectivity index (χ0v) is 8.63. The van der Waals surface area contributed by atoms with Crippen molar-refractivity contribution >= 4 is 23.2 Å². The molecule has 14 heavy (non-hydrogen) atoms. The van der Waals surface area contributed by atoms with Gasteiger partial charge in [0, 0.05) is 23.5 Å². The molecule has 70 valence electrons. The molecular weight excluding hydrogens is 219 g/mol. The lowest BCUT2D eigenvalue weighted by molar-refractivity contribution is 1.30. The molecule has 2 heterocycles. The second kappa shape index (κ2) is 3.95. The lowest BCUT2D eigenvalue weighted by Crippen LogP contribution is -1.83. The van der Waals surface area contributed by atoms with Crippen LogP contribution in [0.15, 0.2) is 36.7 Å². The fraction of sp³-hybridized carbons (Fsp3) is 0. The van der Waals surface area contributed by atoms with Crippen LogP contribution in [0.2, 0.25) is 10.3 Å². The summed E-state index contributed by atoms with van der Waals surface area (Å²) in [6, 6.07) is 7.30. The lowest BCUT2D eigenvalue weighted by Gasteiger charge is -2.01. The van der Waals surface area contributed by atoms with Crippen molar-refractivity contribution in [2.24, 2.45) is 0 Å². The fourth-order valence-corrected chi connectivity index (χ4v) is 1.48. The van der Waals surface area contributed by atoms with Gasteiger partial charge in [-0.2, -0.15) is 0 Å². The van der Waals surface area contributed by atoms with Crippen molar-refractivity contribution in [3.63, 3.8) is 0 Å². The number of rotatable bonds is 1. The van der Waals surface area contributed by atoms with Crippen LogP contribution in [0.25, 0.3) is 11.1 Å². The van der Waals surface area contributed by atoms with E-state index in [1.165, 1.54) is 0 Å². The van der Waals surface area contributed by atoms with Crippen LogP contribution in [0.3, 0.4) is 0 Å². The molecule has 0 fully saturated rings. The van der Waals surface area contributed by atoms with Crippen molar-refractivity contribution in [3.05, 3.63) is 47.0 Å². The quantitative estimate of drug-likeness (QED) is 0.694. The van der Waals surface area contributed by atoms with Crippen molar-refractivity contribution in [2.75, 3.05) is 0 Å². The van der Waals surface area contributed by atoms with E-state index in [-0.39, 0.29) is 0 Å². The Morgan fingerprint density at radius 3 is 2.50 bits per heavy atom. The van der Waals surface area contributed by atoms with Gasteiger partial charge in [-0.1, -0.05) is 23.2 Å². The van der Waals surface area contributed by atoms with E-state index in [0.717, 1.165) is 11.1 Å². The Morgan fingerprint density at radius 1 is 1.00 bits per heavy atom. The monoisotopic (exact) mass is 224 g/mol. The Balaban J connectivity index is 2.50. The van der Waals surface area contributed by atoms with E-state index in [9.17, 15) is 0 Å². The van der Waals surface area contributed by atoms with Crippen LogP contribution >= 0.6 is 23.2 Å². The minimum absolute atomic E-state index is 0.466. The number of halogens is 2. The fourth-order valence-electron chi connectivity index (χ4n) is 1.14. The average molecular weight is 225 g/mol. The number of aromatic nitrogens is 2. The van der Waals surface area contributed by atoms with Gasteiger partial charge in [-0.05, 0) is 24.3 Å². The van der Waals surface area contributed by atoms with Gasteiger partial charge in [0.25, 0.3) is 0 Å². The van der Waals surface area contributed by atoms with E-state index < -0.39 is 0 Å². The van der Waals surface area contributed by atoms with Gasteiger partial charge in [0.1, 0.15) is 10.3 Å². The minimum atomic E-state index is 0.466. The molecule has 2 nitrogen and oxygen atoms in total. The first-order valence-corrected chi connectivity index (χ1v) is 4.75. The van der Waals surface area contributed by atoms with E-state index >= 15 is 0 Å². The molecule has 0 saturated carbocycles. The molecule has 0 aliphatic heterocycles. The lowest BCUT2D eigenvalue weighted by atomic mass is 10.1. The summed E-state index contributed by atoms with van der Waals surface area (Å²) in [5, 5.41) is 0.936. The topological polar surface area (TPSA) is 25.8 Å². The van der Waals surface area contributed by atoms with Crippen molar-refractivity contribution in [1.29, 1.82) is 0 Å². The molecular formula is C10H6Cl2N2. The van der Waals surface area contributed by atoms with Crippen molar-refractivity contribution < 1.29 is 0 Å². The predicted molar refractivity (Wildman–Crippen MR) is 57.5 cm³/mol. The Kier molecular flexibility index (Phi) is 2.66. The molecule has 0 radical (unpaired) electrons. The molecule has 0 spiro atoms. The van der Waals surface area contributed by atoms with Gasteiger partial charge in [0.15, 0.2) is 0 Å². The first-order chi connectivity index (χ1) is 6.77. The Hall–Kier alpha value is -1.12. The first kappa shape index (κ1) is 9.44. The molecule has 2 aromatic rings. The van der Waals surface area contributed by atoms with Gasteiger partial charge < -0.3 is 0 Å². The molecule has 2 rings (SSSR count). The number of nitrogens with zero attached hydrogens (tertiary/aromatic N) is 2. The van der Waals surface area contributed by atoms with Crippen molar-refractivity contribution in [2.45, 2.75) is 0 Å². The van der Waals surface area contributed by atoms with E-state index in [1.54, 1.807) is 18.5 Å². The van der Waals surface area contributed by atoms with E-state index in [2.05, 4.69) is 9.97 Å². The van der Waals surface area contributed by atoms with E-state index in [4.69, 9.17) is 23.2 Å². The van der Waals surface area contributed by atoms with E-state index in [1.807, 2.05) is 18.2 Å². The van der Waals surface area contributed by atoms with Gasteiger partial charge in [-0.3, -0.25) is 0 Å². The predicted octanol–water partition coefficient (Wildman–Crippen LogP) is 3.45. The minimum Gasteiger partial charge on any atom is -0.244 e. The second-order valence-electron chi connectivity index (χ2n) is 2.71. The standard InChI is InChI=1S/C10H6Cl2N2/c11-9-4-3-7(6-14-9)8-2-1-5-13-10(8)12/h1-6H. The SMILES string of the molecule is Clc1ccc(-c2cccnc2Cl)cn1.